The predicted molar refractivity (Wildman–Crippen MR) is 84.0 cm³/mol. The Kier molecular flexibility index (Phi) is 6.07. The minimum Gasteiger partial charge on any atom is -0.410 e. The zero-order valence-electron chi connectivity index (χ0n) is 12.4. The second-order valence-corrected chi connectivity index (χ2v) is 6.62. The minimum atomic E-state index is -0.466. The van der Waals surface area contributed by atoms with E-state index in [9.17, 15) is 10.0 Å². The van der Waals surface area contributed by atoms with Gasteiger partial charge < -0.3 is 10.5 Å². The van der Waals surface area contributed by atoms with Crippen molar-refractivity contribution in [1.82, 2.24) is 5.32 Å². The van der Waals surface area contributed by atoms with E-state index in [1.165, 1.54) is 11.8 Å². The molecule has 110 valence electrons. The normalized spacial score (nSPS) is 13.9. The summed E-state index contributed by atoms with van der Waals surface area (Å²) in [5, 5.41) is 15.7. The molecule has 0 heterocycles. The molecule has 0 saturated carbocycles. The molecule has 1 unspecified atom stereocenters. The molecule has 5 heteroatoms. The quantitative estimate of drug-likeness (QED) is 0.388. The van der Waals surface area contributed by atoms with Crippen molar-refractivity contribution in [2.45, 2.75) is 26.5 Å². The lowest BCUT2D eigenvalue weighted by molar-refractivity contribution is -0.124. The van der Waals surface area contributed by atoms with E-state index in [-0.39, 0.29) is 11.3 Å². The van der Waals surface area contributed by atoms with E-state index < -0.39 is 5.92 Å². The molecule has 1 aromatic rings. The molecule has 0 saturated heterocycles. The molecule has 1 atom stereocenters. The van der Waals surface area contributed by atoms with Crippen molar-refractivity contribution >= 4 is 22.7 Å². The molecule has 20 heavy (non-hydrogen) atoms. The number of nitrogens with one attached hydrogen (secondary N) is 1. The van der Waals surface area contributed by atoms with Gasteiger partial charge in [0.1, 0.15) is 5.04 Å². The van der Waals surface area contributed by atoms with Crippen molar-refractivity contribution in [2.24, 2.45) is 16.5 Å². The van der Waals surface area contributed by atoms with Gasteiger partial charge in [0.25, 0.3) is 0 Å². The van der Waals surface area contributed by atoms with Gasteiger partial charge in [-0.3, -0.25) is 4.79 Å². The Hall–Kier alpha value is -1.49. The molecule has 0 aliphatic rings. The third kappa shape index (κ3) is 4.56. The Morgan fingerprint density at radius 2 is 1.95 bits per heavy atom. The van der Waals surface area contributed by atoms with Gasteiger partial charge in [0.05, 0.1) is 5.92 Å². The van der Waals surface area contributed by atoms with E-state index in [1.54, 1.807) is 7.05 Å². The highest BCUT2D eigenvalue weighted by atomic mass is 32.2. The van der Waals surface area contributed by atoms with Gasteiger partial charge in [0.2, 0.25) is 5.91 Å². The van der Waals surface area contributed by atoms with Gasteiger partial charge >= 0.3 is 0 Å². The van der Waals surface area contributed by atoms with E-state index >= 15 is 0 Å². The van der Waals surface area contributed by atoms with Crippen LogP contribution in [-0.2, 0) is 10.5 Å². The smallest absolute Gasteiger partial charge is 0.230 e. The first-order valence-corrected chi connectivity index (χ1v) is 7.49. The molecule has 0 aliphatic heterocycles. The van der Waals surface area contributed by atoms with Gasteiger partial charge in [-0.1, -0.05) is 56.3 Å². The van der Waals surface area contributed by atoms with Crippen molar-refractivity contribution in [3.63, 3.8) is 0 Å². The standard InChI is InChI=1S/C15H22N2O2S/c1-15(2,3)12(13(18)16-4)14(17-19)20-10-11-8-6-5-7-9-11/h5-9,12,19H,10H2,1-4H3,(H,16,18). The summed E-state index contributed by atoms with van der Waals surface area (Å²) in [5.74, 6) is 0.0705. The number of hydrogen-bond donors (Lipinski definition) is 2. The minimum absolute atomic E-state index is 0.133. The fourth-order valence-electron chi connectivity index (χ4n) is 1.92. The third-order valence-corrected chi connectivity index (χ3v) is 4.04. The second kappa shape index (κ2) is 7.33. The Morgan fingerprint density at radius 1 is 1.35 bits per heavy atom. The van der Waals surface area contributed by atoms with Crippen LogP contribution < -0.4 is 5.32 Å². The fourth-order valence-corrected chi connectivity index (χ4v) is 3.11. The van der Waals surface area contributed by atoms with Crippen LogP contribution in [0.3, 0.4) is 0 Å². The highest BCUT2D eigenvalue weighted by Gasteiger charge is 2.36. The molecule has 2 N–H and O–H groups in total. The number of benzene rings is 1. The summed E-state index contributed by atoms with van der Waals surface area (Å²) in [4.78, 5) is 12.1. The van der Waals surface area contributed by atoms with Crippen molar-refractivity contribution in [3.8, 4) is 0 Å². The van der Waals surface area contributed by atoms with Crippen LogP contribution in [0.5, 0.6) is 0 Å². The number of thioether (sulfide) groups is 1. The molecule has 4 nitrogen and oxygen atoms in total. The number of amides is 1. The molecule has 1 aromatic carbocycles. The first kappa shape index (κ1) is 16.6. The van der Waals surface area contributed by atoms with Gasteiger partial charge in [-0.15, -0.1) is 11.8 Å². The Labute approximate surface area is 124 Å². The number of rotatable bonds is 4. The van der Waals surface area contributed by atoms with E-state index in [2.05, 4.69) is 10.5 Å². The molecule has 0 bridgehead atoms. The Morgan fingerprint density at radius 3 is 2.40 bits per heavy atom. The molecule has 0 aromatic heterocycles. The third-order valence-electron chi connectivity index (χ3n) is 2.95. The molecule has 1 rings (SSSR count). The summed E-state index contributed by atoms with van der Waals surface area (Å²) in [7, 11) is 1.60. The fraction of sp³-hybridized carbons (Fsp3) is 0.467. The SMILES string of the molecule is CNC(=O)C(C(=NO)SCc1ccccc1)C(C)(C)C. The molecule has 0 fully saturated rings. The van der Waals surface area contributed by atoms with Gasteiger partial charge in [0.15, 0.2) is 0 Å². The molecule has 1 amide bonds. The lowest BCUT2D eigenvalue weighted by atomic mass is 9.80. The monoisotopic (exact) mass is 294 g/mol. The van der Waals surface area contributed by atoms with E-state index in [0.717, 1.165) is 5.56 Å². The molecule has 0 radical (unpaired) electrons. The first-order valence-electron chi connectivity index (χ1n) is 6.50. The summed E-state index contributed by atoms with van der Waals surface area (Å²) in [5.41, 5.74) is 0.814. The van der Waals surface area contributed by atoms with Crippen LogP contribution >= 0.6 is 11.8 Å². The average Bonchev–Trinajstić information content (AvgIpc) is 2.42. The summed E-state index contributed by atoms with van der Waals surface area (Å²) < 4.78 is 0. The maximum Gasteiger partial charge on any atom is 0.230 e. The summed E-state index contributed by atoms with van der Waals surface area (Å²) >= 11 is 1.39. The summed E-state index contributed by atoms with van der Waals surface area (Å²) in [6.45, 7) is 5.88. The van der Waals surface area contributed by atoms with Crippen LogP contribution in [-0.4, -0.2) is 23.2 Å². The zero-order chi connectivity index (χ0) is 15.2. The number of hydrogen-bond acceptors (Lipinski definition) is 4. The zero-order valence-corrected chi connectivity index (χ0v) is 13.2. The first-order chi connectivity index (χ1) is 9.40. The van der Waals surface area contributed by atoms with Crippen LogP contribution in [0, 0.1) is 11.3 Å². The maximum absolute atomic E-state index is 12.1. The van der Waals surface area contributed by atoms with Crippen molar-refractivity contribution in [3.05, 3.63) is 35.9 Å². The predicted octanol–water partition coefficient (Wildman–Crippen LogP) is 3.12. The summed E-state index contributed by atoms with van der Waals surface area (Å²) in [6, 6.07) is 9.90. The second-order valence-electron chi connectivity index (χ2n) is 5.63. The topological polar surface area (TPSA) is 61.7 Å². The van der Waals surface area contributed by atoms with Crippen LogP contribution in [0.2, 0.25) is 0 Å². The highest BCUT2D eigenvalue weighted by Crippen LogP contribution is 2.32. The molecular formula is C15H22N2O2S. The van der Waals surface area contributed by atoms with E-state index in [4.69, 9.17) is 0 Å². The Balaban J connectivity index is 2.85. The number of oxime groups is 1. The van der Waals surface area contributed by atoms with Crippen molar-refractivity contribution in [1.29, 1.82) is 0 Å². The van der Waals surface area contributed by atoms with Crippen LogP contribution in [0.25, 0.3) is 0 Å². The lowest BCUT2D eigenvalue weighted by Gasteiger charge is -2.29. The number of carbonyl (C=O) groups is 1. The van der Waals surface area contributed by atoms with Gasteiger partial charge in [0, 0.05) is 12.8 Å². The van der Waals surface area contributed by atoms with Gasteiger partial charge in [-0.05, 0) is 11.0 Å². The molecule has 0 aliphatic carbocycles. The van der Waals surface area contributed by atoms with Crippen LogP contribution in [0.1, 0.15) is 26.3 Å². The van der Waals surface area contributed by atoms with Gasteiger partial charge in [-0.25, -0.2) is 0 Å². The summed E-state index contributed by atoms with van der Waals surface area (Å²) in [6.07, 6.45) is 0. The van der Waals surface area contributed by atoms with Crippen LogP contribution in [0.4, 0.5) is 0 Å². The van der Waals surface area contributed by atoms with E-state index in [1.807, 2.05) is 51.1 Å². The van der Waals surface area contributed by atoms with Crippen molar-refractivity contribution < 1.29 is 10.0 Å². The van der Waals surface area contributed by atoms with E-state index in [0.29, 0.717) is 10.8 Å². The number of nitrogens with zero attached hydrogens (tertiary/aromatic N) is 1. The lowest BCUT2D eigenvalue weighted by Crippen LogP contribution is -2.40. The molecule has 0 spiro atoms. The van der Waals surface area contributed by atoms with Crippen molar-refractivity contribution in [2.75, 3.05) is 7.05 Å². The number of carbonyl (C=O) groups excluding carboxylic acids is 1. The molecular weight excluding hydrogens is 272 g/mol. The largest absolute Gasteiger partial charge is 0.410 e. The highest BCUT2D eigenvalue weighted by molar-refractivity contribution is 8.13. The van der Waals surface area contributed by atoms with Gasteiger partial charge in [-0.2, -0.15) is 0 Å². The van der Waals surface area contributed by atoms with Crippen LogP contribution in [0.15, 0.2) is 35.5 Å². The Bertz CT molecular complexity index is 467. The average molecular weight is 294 g/mol. The maximum atomic E-state index is 12.1.